The monoisotopic (exact) mass is 170 g/mol. The Balaban J connectivity index is 3.15. The second-order valence-electron chi connectivity index (χ2n) is 3.80. The van der Waals surface area contributed by atoms with E-state index < -0.39 is 0 Å². The van der Waals surface area contributed by atoms with Crippen molar-refractivity contribution in [2.24, 2.45) is 0 Å². The van der Waals surface area contributed by atoms with Crippen molar-refractivity contribution in [3.05, 3.63) is 15.8 Å². The molecule has 0 saturated heterocycles. The first-order valence-electron chi connectivity index (χ1n) is 3.70. The molecule has 0 aliphatic heterocycles. The summed E-state index contributed by atoms with van der Waals surface area (Å²) in [6, 6.07) is 0. The number of aromatic hydroxyl groups is 1. The highest BCUT2D eigenvalue weighted by Crippen LogP contribution is 2.36. The van der Waals surface area contributed by atoms with Crippen molar-refractivity contribution in [2.75, 3.05) is 0 Å². The van der Waals surface area contributed by atoms with Gasteiger partial charge in [0.05, 0.1) is 0 Å². The van der Waals surface area contributed by atoms with Crippen LogP contribution in [0, 0.1) is 6.92 Å². The van der Waals surface area contributed by atoms with Crippen molar-refractivity contribution in [1.82, 2.24) is 0 Å². The molecule has 0 saturated carbocycles. The first-order valence-corrected chi connectivity index (χ1v) is 4.58. The van der Waals surface area contributed by atoms with Crippen molar-refractivity contribution in [3.63, 3.8) is 0 Å². The van der Waals surface area contributed by atoms with E-state index in [-0.39, 0.29) is 5.41 Å². The van der Waals surface area contributed by atoms with Crippen LogP contribution in [0.25, 0.3) is 0 Å². The Morgan fingerprint density at radius 1 is 1.36 bits per heavy atom. The molecule has 0 amide bonds. The molecule has 0 radical (unpaired) electrons. The zero-order valence-corrected chi connectivity index (χ0v) is 8.25. The van der Waals surface area contributed by atoms with E-state index in [9.17, 15) is 5.11 Å². The first kappa shape index (κ1) is 8.60. The Morgan fingerprint density at radius 2 is 1.91 bits per heavy atom. The minimum absolute atomic E-state index is 0.0643. The molecule has 0 atom stereocenters. The lowest BCUT2D eigenvalue weighted by molar-refractivity contribution is 0.447. The molecule has 0 spiro atoms. The van der Waals surface area contributed by atoms with Crippen LogP contribution in [0.1, 0.15) is 31.2 Å². The van der Waals surface area contributed by atoms with Gasteiger partial charge >= 0.3 is 0 Å². The molecule has 1 aromatic rings. The van der Waals surface area contributed by atoms with Gasteiger partial charge < -0.3 is 5.11 Å². The third-order valence-corrected chi connectivity index (χ3v) is 2.65. The molecule has 2 heteroatoms. The maximum Gasteiger partial charge on any atom is 0.132 e. The number of thiophene rings is 1. The van der Waals surface area contributed by atoms with E-state index in [0.717, 1.165) is 10.4 Å². The average molecular weight is 170 g/mol. The van der Waals surface area contributed by atoms with Gasteiger partial charge in [-0.05, 0) is 17.7 Å². The molecule has 1 nitrogen and oxygen atoms in total. The lowest BCUT2D eigenvalue weighted by atomic mass is 9.88. The molecule has 0 fully saturated rings. The molecular weight excluding hydrogens is 156 g/mol. The highest BCUT2D eigenvalue weighted by molar-refractivity contribution is 7.10. The molecule has 1 heterocycles. The molecule has 1 N–H and O–H groups in total. The van der Waals surface area contributed by atoms with Crippen LogP contribution in [-0.2, 0) is 5.41 Å². The smallest absolute Gasteiger partial charge is 0.132 e. The van der Waals surface area contributed by atoms with Crippen LogP contribution >= 0.6 is 11.3 Å². The van der Waals surface area contributed by atoms with Gasteiger partial charge in [-0.3, -0.25) is 0 Å². The summed E-state index contributed by atoms with van der Waals surface area (Å²) in [5.74, 6) is 0.475. The zero-order chi connectivity index (χ0) is 8.65. The van der Waals surface area contributed by atoms with E-state index in [1.165, 1.54) is 0 Å². The van der Waals surface area contributed by atoms with E-state index in [1.54, 1.807) is 11.3 Å². The van der Waals surface area contributed by atoms with Crippen LogP contribution in [0.5, 0.6) is 5.75 Å². The summed E-state index contributed by atoms with van der Waals surface area (Å²) in [5, 5.41) is 11.6. The van der Waals surface area contributed by atoms with Gasteiger partial charge in [-0.2, -0.15) is 0 Å². The highest BCUT2D eigenvalue weighted by atomic mass is 32.1. The van der Waals surface area contributed by atoms with Crippen molar-refractivity contribution in [2.45, 2.75) is 33.1 Å². The predicted molar refractivity (Wildman–Crippen MR) is 49.4 cm³/mol. The summed E-state index contributed by atoms with van der Waals surface area (Å²) >= 11 is 1.61. The average Bonchev–Trinajstić information content (AvgIpc) is 2.11. The Morgan fingerprint density at radius 3 is 2.09 bits per heavy atom. The molecule has 0 bridgehead atoms. The predicted octanol–water partition coefficient (Wildman–Crippen LogP) is 3.06. The second-order valence-corrected chi connectivity index (χ2v) is 4.89. The SMILES string of the molecule is Cc1scc(C(C)(C)C)c1O. The summed E-state index contributed by atoms with van der Waals surface area (Å²) in [7, 11) is 0. The summed E-state index contributed by atoms with van der Waals surface area (Å²) < 4.78 is 0. The van der Waals surface area contributed by atoms with Crippen LogP contribution in [0.3, 0.4) is 0 Å². The van der Waals surface area contributed by atoms with E-state index in [2.05, 4.69) is 20.8 Å². The van der Waals surface area contributed by atoms with E-state index >= 15 is 0 Å². The quantitative estimate of drug-likeness (QED) is 0.634. The van der Waals surface area contributed by atoms with Gasteiger partial charge in [0.15, 0.2) is 0 Å². The lowest BCUT2D eigenvalue weighted by Gasteiger charge is -2.17. The van der Waals surface area contributed by atoms with Crippen LogP contribution in [0.4, 0.5) is 0 Å². The van der Waals surface area contributed by atoms with Gasteiger partial charge in [-0.15, -0.1) is 11.3 Å². The van der Waals surface area contributed by atoms with Crippen molar-refractivity contribution < 1.29 is 5.11 Å². The summed E-state index contributed by atoms with van der Waals surface area (Å²) in [5.41, 5.74) is 1.12. The largest absolute Gasteiger partial charge is 0.506 e. The fourth-order valence-corrected chi connectivity index (χ4v) is 1.96. The molecule has 0 unspecified atom stereocenters. The molecule has 0 aliphatic carbocycles. The molecule has 1 rings (SSSR count). The summed E-state index contributed by atoms with van der Waals surface area (Å²) in [4.78, 5) is 1.01. The van der Waals surface area contributed by atoms with Crippen LogP contribution in [0.15, 0.2) is 5.38 Å². The second kappa shape index (κ2) is 2.52. The topological polar surface area (TPSA) is 20.2 Å². The maximum absolute atomic E-state index is 9.58. The van der Waals surface area contributed by atoms with Crippen molar-refractivity contribution in [3.8, 4) is 5.75 Å². The number of rotatable bonds is 0. The van der Waals surface area contributed by atoms with Gasteiger partial charge in [-0.1, -0.05) is 20.8 Å². The Hall–Kier alpha value is -0.500. The fraction of sp³-hybridized carbons (Fsp3) is 0.556. The maximum atomic E-state index is 9.58. The molecule has 0 aromatic carbocycles. The Kier molecular flexibility index (Phi) is 1.97. The van der Waals surface area contributed by atoms with Crippen LogP contribution in [-0.4, -0.2) is 5.11 Å². The van der Waals surface area contributed by atoms with Gasteiger partial charge in [0.1, 0.15) is 5.75 Å². The molecule has 62 valence electrons. The van der Waals surface area contributed by atoms with Gasteiger partial charge in [0.2, 0.25) is 0 Å². The summed E-state index contributed by atoms with van der Waals surface area (Å²) in [6.07, 6.45) is 0. The van der Waals surface area contributed by atoms with Gasteiger partial charge in [-0.25, -0.2) is 0 Å². The van der Waals surface area contributed by atoms with E-state index in [4.69, 9.17) is 0 Å². The van der Waals surface area contributed by atoms with Crippen LogP contribution in [0.2, 0.25) is 0 Å². The third-order valence-electron chi connectivity index (χ3n) is 1.75. The molecule has 1 aromatic heterocycles. The van der Waals surface area contributed by atoms with E-state index in [1.807, 2.05) is 12.3 Å². The number of hydrogen-bond acceptors (Lipinski definition) is 2. The first-order chi connectivity index (χ1) is 4.93. The van der Waals surface area contributed by atoms with Crippen molar-refractivity contribution >= 4 is 11.3 Å². The van der Waals surface area contributed by atoms with Gasteiger partial charge in [0, 0.05) is 10.4 Å². The third kappa shape index (κ3) is 1.56. The molecular formula is C9H14OS. The lowest BCUT2D eigenvalue weighted by Crippen LogP contribution is -2.09. The Labute approximate surface area is 71.7 Å². The number of aryl methyl sites for hydroxylation is 1. The molecule has 11 heavy (non-hydrogen) atoms. The van der Waals surface area contributed by atoms with Crippen LogP contribution < -0.4 is 0 Å². The minimum Gasteiger partial charge on any atom is -0.506 e. The molecule has 0 aliphatic rings. The minimum atomic E-state index is 0.0643. The van der Waals surface area contributed by atoms with Gasteiger partial charge in [0.25, 0.3) is 0 Å². The highest BCUT2D eigenvalue weighted by Gasteiger charge is 2.20. The Bertz CT molecular complexity index is 255. The normalized spacial score (nSPS) is 12.0. The van der Waals surface area contributed by atoms with Crippen molar-refractivity contribution in [1.29, 1.82) is 0 Å². The van der Waals surface area contributed by atoms with E-state index in [0.29, 0.717) is 5.75 Å². The number of hydrogen-bond donors (Lipinski definition) is 1. The zero-order valence-electron chi connectivity index (χ0n) is 7.43. The fourth-order valence-electron chi connectivity index (χ4n) is 0.981. The summed E-state index contributed by atoms with van der Waals surface area (Å²) in [6.45, 7) is 8.26. The standard InChI is InChI=1S/C9H14OS/c1-6-8(10)7(5-11-6)9(2,3)4/h5,10H,1-4H3.